The number of hydrogen-bond acceptors (Lipinski definition) is 2. The van der Waals surface area contributed by atoms with Crippen molar-refractivity contribution in [3.05, 3.63) is 71.5 Å². The van der Waals surface area contributed by atoms with Gasteiger partial charge in [0.1, 0.15) is 5.82 Å². The van der Waals surface area contributed by atoms with Crippen molar-refractivity contribution < 1.29 is 9.18 Å². The van der Waals surface area contributed by atoms with Gasteiger partial charge in [0.15, 0.2) is 0 Å². The van der Waals surface area contributed by atoms with Gasteiger partial charge in [0.25, 0.3) is 0 Å². The zero-order chi connectivity index (χ0) is 17.8. The van der Waals surface area contributed by atoms with Crippen LogP contribution < -0.4 is 5.73 Å². The molecule has 3 nitrogen and oxygen atoms in total. The van der Waals surface area contributed by atoms with Gasteiger partial charge < -0.3 is 10.6 Å². The molecule has 0 spiro atoms. The lowest BCUT2D eigenvalue weighted by molar-refractivity contribution is -0.136. The first-order chi connectivity index (χ1) is 12.0. The molecule has 1 fully saturated rings. The Bertz CT molecular complexity index is 698. The van der Waals surface area contributed by atoms with E-state index in [2.05, 4.69) is 0 Å². The molecule has 132 valence electrons. The molecule has 2 aromatic carbocycles. The smallest absolute Gasteiger partial charge is 0.227 e. The fourth-order valence-corrected chi connectivity index (χ4v) is 3.06. The minimum Gasteiger partial charge on any atom is -0.338 e. The first kappa shape index (κ1) is 17.6. The van der Waals surface area contributed by atoms with Gasteiger partial charge in [-0.15, -0.1) is 0 Å². The molecule has 1 saturated carbocycles. The van der Waals surface area contributed by atoms with Crippen molar-refractivity contribution in [2.45, 2.75) is 32.4 Å². The van der Waals surface area contributed by atoms with Crippen molar-refractivity contribution in [3.8, 4) is 0 Å². The Morgan fingerprint density at radius 1 is 1.16 bits per heavy atom. The second-order valence-electron chi connectivity index (χ2n) is 7.01. The summed E-state index contributed by atoms with van der Waals surface area (Å²) in [4.78, 5) is 15.0. The standard InChI is InChI=1S/C21H25FN2O/c1-15(20(23)18-5-3-2-4-6-18)21(25)24(13-16-7-8-16)14-17-9-11-19(22)12-10-17/h2-6,9-12,15-16,20H,7-8,13-14,23H2,1H3. The summed E-state index contributed by atoms with van der Waals surface area (Å²) in [7, 11) is 0. The summed E-state index contributed by atoms with van der Waals surface area (Å²) < 4.78 is 13.1. The lowest BCUT2D eigenvalue weighted by Crippen LogP contribution is -2.40. The predicted molar refractivity (Wildman–Crippen MR) is 97.1 cm³/mol. The third kappa shape index (κ3) is 4.67. The van der Waals surface area contributed by atoms with E-state index in [1.807, 2.05) is 42.2 Å². The van der Waals surface area contributed by atoms with E-state index in [9.17, 15) is 9.18 Å². The molecule has 0 radical (unpaired) electrons. The quantitative estimate of drug-likeness (QED) is 0.831. The molecule has 0 saturated heterocycles. The fourth-order valence-electron chi connectivity index (χ4n) is 3.06. The Morgan fingerprint density at radius 2 is 1.80 bits per heavy atom. The van der Waals surface area contributed by atoms with Crippen LogP contribution >= 0.6 is 0 Å². The highest BCUT2D eigenvalue weighted by molar-refractivity contribution is 5.79. The van der Waals surface area contributed by atoms with Crippen LogP contribution in [0.4, 0.5) is 4.39 Å². The van der Waals surface area contributed by atoms with E-state index >= 15 is 0 Å². The number of carbonyl (C=O) groups excluding carboxylic acids is 1. The zero-order valence-electron chi connectivity index (χ0n) is 14.6. The van der Waals surface area contributed by atoms with E-state index in [-0.39, 0.29) is 23.7 Å². The van der Waals surface area contributed by atoms with Crippen molar-refractivity contribution in [1.82, 2.24) is 4.90 Å². The Labute approximate surface area is 148 Å². The average molecular weight is 340 g/mol. The van der Waals surface area contributed by atoms with Gasteiger partial charge in [-0.1, -0.05) is 49.4 Å². The number of rotatable bonds is 7. The molecule has 2 aromatic rings. The van der Waals surface area contributed by atoms with Crippen LogP contribution in [0.5, 0.6) is 0 Å². The van der Waals surface area contributed by atoms with Crippen LogP contribution in [0.1, 0.15) is 36.9 Å². The van der Waals surface area contributed by atoms with Gasteiger partial charge in [-0.3, -0.25) is 4.79 Å². The highest BCUT2D eigenvalue weighted by Crippen LogP contribution is 2.31. The number of amides is 1. The maximum atomic E-state index is 13.1. The first-order valence-electron chi connectivity index (χ1n) is 8.88. The third-order valence-electron chi connectivity index (χ3n) is 4.89. The van der Waals surface area contributed by atoms with Crippen LogP contribution in [0.3, 0.4) is 0 Å². The third-order valence-corrected chi connectivity index (χ3v) is 4.89. The van der Waals surface area contributed by atoms with Crippen LogP contribution in [0.15, 0.2) is 54.6 Å². The summed E-state index contributed by atoms with van der Waals surface area (Å²) in [6, 6.07) is 15.8. The van der Waals surface area contributed by atoms with Crippen molar-refractivity contribution in [3.63, 3.8) is 0 Å². The molecule has 0 aliphatic heterocycles. The second-order valence-corrected chi connectivity index (χ2v) is 7.01. The normalized spacial score (nSPS) is 16.3. The van der Waals surface area contributed by atoms with Crippen molar-refractivity contribution in [1.29, 1.82) is 0 Å². The molecular weight excluding hydrogens is 315 g/mol. The number of carbonyl (C=O) groups is 1. The molecule has 0 heterocycles. The topological polar surface area (TPSA) is 46.3 Å². The number of nitrogens with two attached hydrogens (primary N) is 1. The van der Waals surface area contributed by atoms with E-state index in [0.29, 0.717) is 12.5 Å². The predicted octanol–water partition coefficient (Wildman–Crippen LogP) is 3.90. The molecule has 0 bridgehead atoms. The van der Waals surface area contributed by atoms with E-state index in [1.54, 1.807) is 12.1 Å². The molecular formula is C21H25FN2O. The van der Waals surface area contributed by atoms with E-state index < -0.39 is 0 Å². The molecule has 2 N–H and O–H groups in total. The van der Waals surface area contributed by atoms with E-state index in [1.165, 1.54) is 25.0 Å². The SMILES string of the molecule is CC(C(=O)N(Cc1ccc(F)cc1)CC1CC1)C(N)c1ccccc1. The van der Waals surface area contributed by atoms with Crippen molar-refractivity contribution >= 4 is 5.91 Å². The Morgan fingerprint density at radius 3 is 2.40 bits per heavy atom. The molecule has 1 amide bonds. The Kier molecular flexibility index (Phi) is 5.49. The van der Waals surface area contributed by atoms with Crippen LogP contribution in [0.2, 0.25) is 0 Å². The second kappa shape index (κ2) is 7.79. The minimum atomic E-state index is -0.330. The van der Waals surface area contributed by atoms with Crippen LogP contribution in [-0.4, -0.2) is 17.4 Å². The molecule has 0 aromatic heterocycles. The van der Waals surface area contributed by atoms with Gasteiger partial charge in [0.05, 0.1) is 5.92 Å². The highest BCUT2D eigenvalue weighted by Gasteiger charge is 2.31. The Hall–Kier alpha value is -2.20. The molecule has 3 rings (SSSR count). The molecule has 4 heteroatoms. The number of halogens is 1. The van der Waals surface area contributed by atoms with Gasteiger partial charge in [-0.2, -0.15) is 0 Å². The van der Waals surface area contributed by atoms with Gasteiger partial charge >= 0.3 is 0 Å². The van der Waals surface area contributed by atoms with Crippen molar-refractivity contribution in [2.75, 3.05) is 6.54 Å². The number of benzene rings is 2. The number of hydrogen-bond donors (Lipinski definition) is 1. The van der Waals surface area contributed by atoms with Crippen LogP contribution in [0, 0.1) is 17.7 Å². The van der Waals surface area contributed by atoms with Gasteiger partial charge in [0.2, 0.25) is 5.91 Å². The molecule has 1 aliphatic carbocycles. The highest BCUT2D eigenvalue weighted by atomic mass is 19.1. The Balaban J connectivity index is 1.72. The summed E-state index contributed by atoms with van der Waals surface area (Å²) in [6.45, 7) is 3.15. The average Bonchev–Trinajstić information content (AvgIpc) is 3.46. The number of nitrogens with zero attached hydrogens (tertiary/aromatic N) is 1. The van der Waals surface area contributed by atoms with E-state index in [4.69, 9.17) is 5.73 Å². The summed E-state index contributed by atoms with van der Waals surface area (Å²) in [6.07, 6.45) is 2.35. The van der Waals surface area contributed by atoms with Crippen molar-refractivity contribution in [2.24, 2.45) is 17.6 Å². The summed E-state index contributed by atoms with van der Waals surface area (Å²) in [5.41, 5.74) is 8.25. The summed E-state index contributed by atoms with van der Waals surface area (Å²) >= 11 is 0. The van der Waals surface area contributed by atoms with Gasteiger partial charge in [0, 0.05) is 19.1 Å². The van der Waals surface area contributed by atoms with Gasteiger partial charge in [-0.25, -0.2) is 4.39 Å². The fraction of sp³-hybridized carbons (Fsp3) is 0.381. The molecule has 2 unspecified atom stereocenters. The molecule has 25 heavy (non-hydrogen) atoms. The molecule has 1 aliphatic rings. The maximum Gasteiger partial charge on any atom is 0.227 e. The largest absolute Gasteiger partial charge is 0.338 e. The van der Waals surface area contributed by atoms with E-state index in [0.717, 1.165) is 17.7 Å². The zero-order valence-corrected chi connectivity index (χ0v) is 14.6. The monoisotopic (exact) mass is 340 g/mol. The lowest BCUT2D eigenvalue weighted by atomic mass is 9.94. The lowest BCUT2D eigenvalue weighted by Gasteiger charge is -2.29. The first-order valence-corrected chi connectivity index (χ1v) is 8.88. The van der Waals surface area contributed by atoms with Gasteiger partial charge in [-0.05, 0) is 42.0 Å². The minimum absolute atomic E-state index is 0.0626. The maximum absolute atomic E-state index is 13.1. The molecule has 2 atom stereocenters. The van der Waals surface area contributed by atoms with Crippen LogP contribution in [0.25, 0.3) is 0 Å². The summed E-state index contributed by atoms with van der Waals surface area (Å²) in [5.74, 6) is 0.0852. The van der Waals surface area contributed by atoms with Crippen LogP contribution in [-0.2, 0) is 11.3 Å². The summed E-state index contributed by atoms with van der Waals surface area (Å²) in [5, 5.41) is 0.